The first-order chi connectivity index (χ1) is 14.4. The number of Topliss-reactive ketones (excluding diaryl/α,β-unsaturated/α-hetero) is 1. The molecule has 3 amide bonds. The van der Waals surface area contributed by atoms with Crippen molar-refractivity contribution in [2.45, 2.75) is 32.0 Å². The van der Waals surface area contributed by atoms with Gasteiger partial charge in [-0.1, -0.05) is 35.9 Å². The molecule has 0 unspecified atom stereocenters. The molecule has 2 fully saturated rings. The third-order valence-corrected chi connectivity index (χ3v) is 6.11. The summed E-state index contributed by atoms with van der Waals surface area (Å²) in [4.78, 5) is 41.2. The normalized spacial score (nSPS) is 19.8. The second-order valence-electron chi connectivity index (χ2n) is 7.58. The summed E-state index contributed by atoms with van der Waals surface area (Å²) in [5.41, 5.74) is 1.16. The number of benzene rings is 2. The van der Waals surface area contributed by atoms with Gasteiger partial charge in [-0.2, -0.15) is 13.5 Å². The number of hydrogen-bond donors (Lipinski definition) is 1. The van der Waals surface area contributed by atoms with Gasteiger partial charge in [0.05, 0.1) is 12.6 Å². The average molecular weight is 464 g/mol. The van der Waals surface area contributed by atoms with E-state index in [-0.39, 0.29) is 54.9 Å². The number of carbonyl (C=O) groups is 3. The number of urea groups is 1. The van der Waals surface area contributed by atoms with Gasteiger partial charge < -0.3 is 15.1 Å². The molecule has 0 radical (unpaired) electrons. The number of amides is 3. The Balaban J connectivity index is 0.00000272. The van der Waals surface area contributed by atoms with Crippen LogP contribution >= 0.6 is 25.1 Å². The first-order valence-electron chi connectivity index (χ1n) is 9.75. The highest BCUT2D eigenvalue weighted by Crippen LogP contribution is 2.31. The molecule has 1 N–H and O–H groups in total. The Morgan fingerprint density at radius 1 is 1.16 bits per heavy atom. The van der Waals surface area contributed by atoms with Crippen LogP contribution in [0.1, 0.15) is 27.9 Å². The number of halogens is 2. The van der Waals surface area contributed by atoms with E-state index < -0.39 is 17.9 Å². The molecule has 0 aromatic heterocycles. The third kappa shape index (κ3) is 4.27. The SMILES string of the molecule is Cc1ccc(Cl)c(CNC(=O)N2CC[C@@H]3[C@H]2C(=O)CN3C(=O)c2ccccc2)c1F.S. The van der Waals surface area contributed by atoms with E-state index in [1.807, 2.05) is 6.07 Å². The van der Waals surface area contributed by atoms with Crippen molar-refractivity contribution in [1.29, 1.82) is 0 Å². The number of ketones is 1. The molecule has 4 rings (SSSR count). The Hall–Kier alpha value is -2.58. The van der Waals surface area contributed by atoms with E-state index >= 15 is 0 Å². The lowest BCUT2D eigenvalue weighted by atomic mass is 10.1. The van der Waals surface area contributed by atoms with Crippen molar-refractivity contribution < 1.29 is 18.8 Å². The molecular weight excluding hydrogens is 441 g/mol. The summed E-state index contributed by atoms with van der Waals surface area (Å²) in [7, 11) is 0. The van der Waals surface area contributed by atoms with Crippen molar-refractivity contribution in [1.82, 2.24) is 15.1 Å². The zero-order chi connectivity index (χ0) is 21.4. The second kappa shape index (κ2) is 9.28. The van der Waals surface area contributed by atoms with E-state index in [1.165, 1.54) is 4.90 Å². The largest absolute Gasteiger partial charge is 0.334 e. The zero-order valence-corrected chi connectivity index (χ0v) is 18.7. The molecule has 31 heavy (non-hydrogen) atoms. The molecule has 2 aliphatic heterocycles. The Kier molecular flexibility index (Phi) is 6.91. The van der Waals surface area contributed by atoms with Gasteiger partial charge in [0.15, 0.2) is 5.78 Å². The lowest BCUT2D eigenvalue weighted by Crippen LogP contribution is -2.47. The maximum atomic E-state index is 14.3. The molecule has 164 valence electrons. The Labute approximate surface area is 191 Å². The Bertz CT molecular complexity index is 1020. The van der Waals surface area contributed by atoms with Gasteiger partial charge >= 0.3 is 6.03 Å². The first-order valence-corrected chi connectivity index (χ1v) is 10.1. The van der Waals surface area contributed by atoms with Gasteiger partial charge in [0.1, 0.15) is 11.9 Å². The highest BCUT2D eigenvalue weighted by Gasteiger charge is 2.51. The second-order valence-corrected chi connectivity index (χ2v) is 7.98. The number of aryl methyl sites for hydroxylation is 1. The fourth-order valence-electron chi connectivity index (χ4n) is 4.21. The molecule has 9 heteroatoms. The zero-order valence-electron chi connectivity index (χ0n) is 16.9. The number of carbonyl (C=O) groups excluding carboxylic acids is 3. The summed E-state index contributed by atoms with van der Waals surface area (Å²) in [5, 5.41) is 2.90. The molecule has 0 spiro atoms. The minimum absolute atomic E-state index is 0. The van der Waals surface area contributed by atoms with E-state index in [0.717, 1.165) is 0 Å². The summed E-state index contributed by atoms with van der Waals surface area (Å²) in [5.74, 6) is -0.845. The van der Waals surface area contributed by atoms with Crippen molar-refractivity contribution in [3.8, 4) is 0 Å². The van der Waals surface area contributed by atoms with Gasteiger partial charge in [-0.25, -0.2) is 9.18 Å². The number of nitrogens with one attached hydrogen (secondary N) is 1. The van der Waals surface area contributed by atoms with Crippen LogP contribution in [-0.4, -0.2) is 52.7 Å². The minimum atomic E-state index is -0.685. The van der Waals surface area contributed by atoms with Gasteiger partial charge in [-0.3, -0.25) is 9.59 Å². The van der Waals surface area contributed by atoms with Gasteiger partial charge in [0.25, 0.3) is 5.91 Å². The molecular formula is C22H23ClFN3O3S. The third-order valence-electron chi connectivity index (χ3n) is 5.76. The van der Waals surface area contributed by atoms with Gasteiger partial charge in [-0.15, -0.1) is 0 Å². The molecule has 2 saturated heterocycles. The molecule has 2 aliphatic rings. The summed E-state index contributed by atoms with van der Waals surface area (Å²) in [6, 6.07) is 10.4. The molecule has 6 nitrogen and oxygen atoms in total. The van der Waals surface area contributed by atoms with Gasteiger partial charge in [0.2, 0.25) is 0 Å². The smallest absolute Gasteiger partial charge is 0.318 e. The maximum absolute atomic E-state index is 14.3. The summed E-state index contributed by atoms with van der Waals surface area (Å²) in [6.07, 6.45) is 0.516. The fourth-order valence-corrected chi connectivity index (χ4v) is 4.42. The van der Waals surface area contributed by atoms with Crippen LogP contribution in [0.15, 0.2) is 42.5 Å². The quantitative estimate of drug-likeness (QED) is 0.759. The number of hydrogen-bond acceptors (Lipinski definition) is 3. The summed E-state index contributed by atoms with van der Waals surface area (Å²) < 4.78 is 14.3. The Morgan fingerprint density at radius 3 is 2.58 bits per heavy atom. The maximum Gasteiger partial charge on any atom is 0.318 e. The first kappa shape index (κ1) is 23.1. The molecule has 0 aliphatic carbocycles. The van der Waals surface area contributed by atoms with E-state index in [9.17, 15) is 18.8 Å². The topological polar surface area (TPSA) is 69.7 Å². The molecule has 2 aromatic rings. The highest BCUT2D eigenvalue weighted by atomic mass is 35.5. The number of likely N-dealkylation sites (tertiary alicyclic amines) is 2. The number of nitrogens with zero attached hydrogens (tertiary/aromatic N) is 2. The van der Waals surface area contributed by atoms with E-state index in [4.69, 9.17) is 11.6 Å². The Morgan fingerprint density at radius 2 is 1.87 bits per heavy atom. The number of rotatable bonds is 3. The van der Waals surface area contributed by atoms with Crippen LogP contribution in [0.2, 0.25) is 5.02 Å². The number of fused-ring (bicyclic) bond motifs is 1. The van der Waals surface area contributed by atoms with E-state index in [2.05, 4.69) is 5.32 Å². The van der Waals surface area contributed by atoms with Crippen LogP contribution in [0.5, 0.6) is 0 Å². The van der Waals surface area contributed by atoms with Crippen LogP contribution in [0.25, 0.3) is 0 Å². The van der Waals surface area contributed by atoms with Crippen molar-refractivity contribution in [3.63, 3.8) is 0 Å². The van der Waals surface area contributed by atoms with E-state index in [0.29, 0.717) is 24.1 Å². The van der Waals surface area contributed by atoms with Crippen molar-refractivity contribution in [2.75, 3.05) is 13.1 Å². The standard InChI is InChI=1S/C22H21ClFN3O3.H2S/c1-13-7-8-16(23)15(19(13)24)11-25-22(30)26-10-9-17-20(26)18(28)12-27(17)21(29)14-5-3-2-4-6-14;/h2-8,17,20H,9-12H2,1H3,(H,25,30);1H2/t17-,20+;/m1./s1. The van der Waals surface area contributed by atoms with Crippen LogP contribution < -0.4 is 5.32 Å². The molecule has 2 heterocycles. The monoisotopic (exact) mass is 463 g/mol. The fraction of sp³-hybridized carbons (Fsp3) is 0.318. The minimum Gasteiger partial charge on any atom is -0.334 e. The van der Waals surface area contributed by atoms with Gasteiger partial charge in [0, 0.05) is 29.2 Å². The van der Waals surface area contributed by atoms with E-state index in [1.54, 1.807) is 48.2 Å². The molecule has 2 aromatic carbocycles. The van der Waals surface area contributed by atoms with Gasteiger partial charge in [-0.05, 0) is 37.1 Å². The average Bonchev–Trinajstić information content (AvgIpc) is 3.32. The molecule has 0 bridgehead atoms. The lowest BCUT2D eigenvalue weighted by Gasteiger charge is -2.24. The van der Waals surface area contributed by atoms with Crippen LogP contribution in [0.4, 0.5) is 9.18 Å². The molecule has 0 saturated carbocycles. The summed E-state index contributed by atoms with van der Waals surface area (Å²) in [6.45, 7) is 1.86. The van der Waals surface area contributed by atoms with Crippen LogP contribution in [0, 0.1) is 12.7 Å². The predicted molar refractivity (Wildman–Crippen MR) is 120 cm³/mol. The van der Waals surface area contributed by atoms with Crippen molar-refractivity contribution in [3.05, 3.63) is 70.0 Å². The van der Waals surface area contributed by atoms with Crippen LogP contribution in [0.3, 0.4) is 0 Å². The van der Waals surface area contributed by atoms with Crippen LogP contribution in [-0.2, 0) is 11.3 Å². The summed E-state index contributed by atoms with van der Waals surface area (Å²) >= 11 is 6.07. The lowest BCUT2D eigenvalue weighted by molar-refractivity contribution is -0.119. The highest BCUT2D eigenvalue weighted by molar-refractivity contribution is 7.59. The van der Waals surface area contributed by atoms with Crippen molar-refractivity contribution in [2.24, 2.45) is 0 Å². The predicted octanol–water partition coefficient (Wildman–Crippen LogP) is 3.28. The van der Waals surface area contributed by atoms with Crippen molar-refractivity contribution >= 4 is 42.8 Å². The molecule has 2 atom stereocenters.